The molecule has 2 heterocycles. The number of ether oxygens (including phenoxy) is 1. The van der Waals surface area contributed by atoms with E-state index >= 15 is 0 Å². The van der Waals surface area contributed by atoms with E-state index in [-0.39, 0.29) is 5.97 Å². The largest absolute Gasteiger partial charge is 0.466 e. The summed E-state index contributed by atoms with van der Waals surface area (Å²) in [6, 6.07) is 0. The van der Waals surface area contributed by atoms with Crippen LogP contribution in [-0.4, -0.2) is 22.6 Å². The number of esters is 1. The first-order valence-corrected chi connectivity index (χ1v) is 4.71. The minimum atomic E-state index is -0.297. The Labute approximate surface area is 87.9 Å². The molecule has 0 amide bonds. The van der Waals surface area contributed by atoms with Crippen molar-refractivity contribution in [1.82, 2.24) is 9.55 Å². The number of hydrogen-bond donors (Lipinski definition) is 0. The number of aromatic nitrogens is 2. The topological polar surface area (TPSA) is 44.1 Å². The number of allylic oxidation sites excluding steroid dienone is 1. The number of carbonyl (C=O) groups is 1. The van der Waals surface area contributed by atoms with E-state index in [4.69, 9.17) is 0 Å². The van der Waals surface area contributed by atoms with Crippen molar-refractivity contribution >= 4 is 18.2 Å². The summed E-state index contributed by atoms with van der Waals surface area (Å²) in [6.45, 7) is 1.97. The van der Waals surface area contributed by atoms with Crippen LogP contribution in [0.25, 0.3) is 12.3 Å². The van der Waals surface area contributed by atoms with Gasteiger partial charge < -0.3 is 9.30 Å². The van der Waals surface area contributed by atoms with Crippen LogP contribution in [-0.2, 0) is 9.53 Å². The summed E-state index contributed by atoms with van der Waals surface area (Å²) in [7, 11) is 1.38. The van der Waals surface area contributed by atoms with Crippen LogP contribution in [0.4, 0.5) is 0 Å². The molecule has 1 aromatic heterocycles. The van der Waals surface area contributed by atoms with Gasteiger partial charge in [0.25, 0.3) is 0 Å². The molecular weight excluding hydrogens is 192 g/mol. The number of carbonyl (C=O) groups excluding carboxylic acids is 1. The molecule has 0 atom stereocenters. The SMILES string of the molecule is COC(=O)C1=Cc2ncc(C)n2C=CC1. The summed E-state index contributed by atoms with van der Waals surface area (Å²) in [5.41, 5.74) is 1.67. The van der Waals surface area contributed by atoms with Crippen molar-refractivity contribution in [3.05, 3.63) is 29.4 Å². The summed E-state index contributed by atoms with van der Waals surface area (Å²) in [5, 5.41) is 0. The average molecular weight is 204 g/mol. The smallest absolute Gasteiger partial charge is 0.334 e. The van der Waals surface area contributed by atoms with Crippen molar-refractivity contribution in [2.45, 2.75) is 13.3 Å². The zero-order valence-electron chi connectivity index (χ0n) is 8.73. The van der Waals surface area contributed by atoms with E-state index in [0.717, 1.165) is 11.5 Å². The number of nitrogens with zero attached hydrogens (tertiary/aromatic N) is 2. The fourth-order valence-corrected chi connectivity index (χ4v) is 1.54. The molecule has 0 unspecified atom stereocenters. The third kappa shape index (κ3) is 1.70. The quantitative estimate of drug-likeness (QED) is 0.653. The van der Waals surface area contributed by atoms with Gasteiger partial charge in [0.05, 0.1) is 7.11 Å². The first-order valence-electron chi connectivity index (χ1n) is 4.71. The lowest BCUT2D eigenvalue weighted by Gasteiger charge is -2.00. The number of fused-ring (bicyclic) bond motifs is 1. The maximum atomic E-state index is 11.4. The maximum Gasteiger partial charge on any atom is 0.334 e. The number of imidazole rings is 1. The molecule has 1 aliphatic heterocycles. The third-order valence-corrected chi connectivity index (χ3v) is 2.35. The first-order chi connectivity index (χ1) is 7.22. The number of aryl methyl sites for hydroxylation is 1. The molecule has 0 spiro atoms. The number of hydrogen-bond acceptors (Lipinski definition) is 3. The van der Waals surface area contributed by atoms with Gasteiger partial charge in [-0.05, 0) is 19.4 Å². The molecule has 0 aliphatic carbocycles. The van der Waals surface area contributed by atoms with Crippen LogP contribution in [0.15, 0.2) is 17.8 Å². The van der Waals surface area contributed by atoms with E-state index in [2.05, 4.69) is 9.72 Å². The molecule has 4 heteroatoms. The Balaban J connectivity index is 2.45. The zero-order valence-corrected chi connectivity index (χ0v) is 8.73. The Morgan fingerprint density at radius 1 is 1.60 bits per heavy atom. The van der Waals surface area contributed by atoms with E-state index in [1.165, 1.54) is 7.11 Å². The summed E-state index contributed by atoms with van der Waals surface area (Å²) in [6.07, 6.45) is 7.96. The van der Waals surface area contributed by atoms with E-state index in [0.29, 0.717) is 12.0 Å². The van der Waals surface area contributed by atoms with Crippen molar-refractivity contribution in [2.24, 2.45) is 0 Å². The monoisotopic (exact) mass is 204 g/mol. The molecule has 15 heavy (non-hydrogen) atoms. The highest BCUT2D eigenvalue weighted by atomic mass is 16.5. The second-order valence-electron chi connectivity index (χ2n) is 3.38. The van der Waals surface area contributed by atoms with Gasteiger partial charge in [-0.15, -0.1) is 0 Å². The van der Waals surface area contributed by atoms with E-state index < -0.39 is 0 Å². The third-order valence-electron chi connectivity index (χ3n) is 2.35. The minimum Gasteiger partial charge on any atom is -0.466 e. The molecule has 4 nitrogen and oxygen atoms in total. The Morgan fingerprint density at radius 2 is 2.40 bits per heavy atom. The zero-order chi connectivity index (χ0) is 10.8. The predicted octanol–water partition coefficient (Wildman–Crippen LogP) is 1.62. The molecule has 1 aromatic rings. The van der Waals surface area contributed by atoms with Gasteiger partial charge in [-0.3, -0.25) is 0 Å². The van der Waals surface area contributed by atoms with E-state index in [9.17, 15) is 4.79 Å². The Bertz CT molecular complexity index is 455. The Hall–Kier alpha value is -1.84. The highest BCUT2D eigenvalue weighted by Gasteiger charge is 2.13. The van der Waals surface area contributed by atoms with Crippen molar-refractivity contribution in [2.75, 3.05) is 7.11 Å². The molecule has 0 fully saturated rings. The Morgan fingerprint density at radius 3 is 3.13 bits per heavy atom. The van der Waals surface area contributed by atoms with Crippen LogP contribution in [0.5, 0.6) is 0 Å². The molecule has 0 N–H and O–H groups in total. The molecule has 78 valence electrons. The van der Waals surface area contributed by atoms with Gasteiger partial charge in [0.2, 0.25) is 0 Å². The van der Waals surface area contributed by atoms with E-state index in [1.54, 1.807) is 12.3 Å². The molecular formula is C11H12N2O2. The second-order valence-corrected chi connectivity index (χ2v) is 3.38. The van der Waals surface area contributed by atoms with Crippen molar-refractivity contribution < 1.29 is 9.53 Å². The van der Waals surface area contributed by atoms with Crippen LogP contribution in [0.3, 0.4) is 0 Å². The lowest BCUT2D eigenvalue weighted by atomic mass is 10.2. The second kappa shape index (κ2) is 3.73. The summed E-state index contributed by atoms with van der Waals surface area (Å²) in [4.78, 5) is 15.6. The molecule has 1 aliphatic rings. The fourth-order valence-electron chi connectivity index (χ4n) is 1.54. The lowest BCUT2D eigenvalue weighted by Crippen LogP contribution is -2.03. The molecule has 0 bridgehead atoms. The maximum absolute atomic E-state index is 11.4. The first kappa shape index (κ1) is 9.71. The van der Waals surface area contributed by atoms with Crippen molar-refractivity contribution in [3.8, 4) is 0 Å². The van der Waals surface area contributed by atoms with Crippen LogP contribution in [0, 0.1) is 6.92 Å². The van der Waals surface area contributed by atoms with Gasteiger partial charge in [-0.1, -0.05) is 6.08 Å². The van der Waals surface area contributed by atoms with Crippen LogP contribution in [0.2, 0.25) is 0 Å². The number of methoxy groups -OCH3 is 1. The number of rotatable bonds is 1. The van der Waals surface area contributed by atoms with Gasteiger partial charge in [-0.2, -0.15) is 0 Å². The molecule has 0 saturated heterocycles. The van der Waals surface area contributed by atoms with Gasteiger partial charge >= 0.3 is 5.97 Å². The summed E-state index contributed by atoms with van der Waals surface area (Å²) >= 11 is 0. The Kier molecular flexibility index (Phi) is 2.41. The molecule has 0 saturated carbocycles. The van der Waals surface area contributed by atoms with Gasteiger partial charge in [0.1, 0.15) is 5.82 Å². The van der Waals surface area contributed by atoms with Crippen LogP contribution < -0.4 is 0 Å². The van der Waals surface area contributed by atoms with Crippen LogP contribution in [0.1, 0.15) is 17.9 Å². The summed E-state index contributed by atoms with van der Waals surface area (Å²) < 4.78 is 6.63. The van der Waals surface area contributed by atoms with E-state index in [1.807, 2.05) is 23.8 Å². The van der Waals surface area contributed by atoms with Crippen molar-refractivity contribution in [3.63, 3.8) is 0 Å². The molecule has 2 rings (SSSR count). The van der Waals surface area contributed by atoms with Crippen LogP contribution >= 0.6 is 0 Å². The minimum absolute atomic E-state index is 0.297. The highest BCUT2D eigenvalue weighted by Crippen LogP contribution is 2.17. The summed E-state index contributed by atoms with van der Waals surface area (Å²) in [5.74, 6) is 0.468. The predicted molar refractivity (Wildman–Crippen MR) is 56.9 cm³/mol. The average Bonchev–Trinajstić information content (AvgIpc) is 2.50. The molecule has 0 aromatic carbocycles. The fraction of sp³-hybridized carbons (Fsp3) is 0.273. The molecule has 0 radical (unpaired) electrons. The van der Waals surface area contributed by atoms with Gasteiger partial charge in [0, 0.05) is 23.7 Å². The highest BCUT2D eigenvalue weighted by molar-refractivity contribution is 5.93. The standard InChI is InChI=1S/C11H12N2O2/c1-8-7-12-10-6-9(11(14)15-2)4-3-5-13(8)10/h3,5-7H,4H2,1-2H3. The van der Waals surface area contributed by atoms with Gasteiger partial charge in [-0.25, -0.2) is 9.78 Å². The normalized spacial score (nSPS) is 14.1. The van der Waals surface area contributed by atoms with Crippen molar-refractivity contribution in [1.29, 1.82) is 0 Å². The van der Waals surface area contributed by atoms with Gasteiger partial charge in [0.15, 0.2) is 0 Å². The lowest BCUT2D eigenvalue weighted by molar-refractivity contribution is -0.136.